The third-order valence-electron chi connectivity index (χ3n) is 7.56. The molecule has 1 saturated carbocycles. The number of nitrogens with two attached hydrogens (primary N) is 1. The van der Waals surface area contributed by atoms with Gasteiger partial charge in [-0.3, -0.25) is 4.79 Å². The van der Waals surface area contributed by atoms with E-state index in [0.717, 1.165) is 59.3 Å². The first-order valence-corrected chi connectivity index (χ1v) is 16.2. The molecule has 12 heteroatoms. The van der Waals surface area contributed by atoms with Crippen molar-refractivity contribution in [3.05, 3.63) is 81.7 Å². The van der Waals surface area contributed by atoms with Crippen LogP contribution in [0.4, 0.5) is 8.78 Å². The summed E-state index contributed by atoms with van der Waals surface area (Å²) in [6.45, 7) is 0.159. The minimum absolute atomic E-state index is 0. The number of amides is 1. The number of benzene rings is 3. The van der Waals surface area contributed by atoms with Crippen LogP contribution in [0, 0.1) is 11.6 Å². The molecule has 1 heterocycles. The number of sulfone groups is 1. The van der Waals surface area contributed by atoms with Crippen LogP contribution < -0.4 is 10.5 Å². The summed E-state index contributed by atoms with van der Waals surface area (Å²) in [6, 6.07) is 14.0. The number of ether oxygens (including phenoxy) is 1. The molecular formula is C30H30Cl2F2N2O4S2. The number of rotatable bonds is 7. The second-order valence-electron chi connectivity index (χ2n) is 10.3. The largest absolute Gasteiger partial charge is 0.496 e. The number of halogens is 4. The Bertz CT molecular complexity index is 1720. The molecule has 0 unspecified atom stereocenters. The van der Waals surface area contributed by atoms with Crippen LogP contribution >= 0.6 is 35.3 Å². The van der Waals surface area contributed by atoms with E-state index in [2.05, 4.69) is 0 Å². The monoisotopic (exact) mass is 654 g/mol. The Morgan fingerprint density at radius 3 is 2.24 bits per heavy atom. The Balaban J connectivity index is 0.00000405. The van der Waals surface area contributed by atoms with Crippen LogP contribution in [-0.4, -0.2) is 44.7 Å². The van der Waals surface area contributed by atoms with Crippen LogP contribution in [0.5, 0.6) is 5.75 Å². The molecule has 6 nitrogen and oxygen atoms in total. The fourth-order valence-electron chi connectivity index (χ4n) is 5.31. The molecule has 1 amide bonds. The minimum atomic E-state index is -3.34. The molecule has 4 aromatic rings. The normalized spacial score (nSPS) is 17.1. The fourth-order valence-corrected chi connectivity index (χ4v) is 7.44. The van der Waals surface area contributed by atoms with Gasteiger partial charge in [-0.25, -0.2) is 17.2 Å². The molecule has 2 N–H and O–H groups in total. The van der Waals surface area contributed by atoms with Gasteiger partial charge in [0.1, 0.15) is 22.3 Å². The molecule has 0 saturated heterocycles. The number of hydrogen-bond donors (Lipinski definition) is 1. The first-order valence-electron chi connectivity index (χ1n) is 13.1. The van der Waals surface area contributed by atoms with Crippen LogP contribution in [0.2, 0.25) is 5.02 Å². The van der Waals surface area contributed by atoms with Gasteiger partial charge >= 0.3 is 0 Å². The number of carbonyl (C=O) groups is 1. The van der Waals surface area contributed by atoms with Crippen molar-refractivity contribution in [3.63, 3.8) is 0 Å². The molecule has 0 atom stereocenters. The summed E-state index contributed by atoms with van der Waals surface area (Å²) in [5.41, 5.74) is 8.47. The van der Waals surface area contributed by atoms with Crippen LogP contribution in [0.1, 0.15) is 40.9 Å². The summed E-state index contributed by atoms with van der Waals surface area (Å²) >= 11 is 7.36. The van der Waals surface area contributed by atoms with Gasteiger partial charge in [-0.2, -0.15) is 0 Å². The van der Waals surface area contributed by atoms with Gasteiger partial charge < -0.3 is 15.4 Å². The van der Waals surface area contributed by atoms with E-state index in [-0.39, 0.29) is 55.9 Å². The predicted octanol–water partition coefficient (Wildman–Crippen LogP) is 7.25. The minimum Gasteiger partial charge on any atom is -0.496 e. The number of thiophene rings is 1. The zero-order valence-electron chi connectivity index (χ0n) is 22.9. The van der Waals surface area contributed by atoms with Crippen molar-refractivity contribution in [1.29, 1.82) is 0 Å². The zero-order valence-corrected chi connectivity index (χ0v) is 26.1. The predicted molar refractivity (Wildman–Crippen MR) is 166 cm³/mol. The van der Waals surface area contributed by atoms with Gasteiger partial charge in [0, 0.05) is 30.4 Å². The average molecular weight is 656 g/mol. The van der Waals surface area contributed by atoms with Gasteiger partial charge in [0.15, 0.2) is 9.84 Å². The maximum absolute atomic E-state index is 14.6. The third kappa shape index (κ3) is 6.43. The molecule has 1 aliphatic carbocycles. The SMILES string of the molecule is COc1ccc(-c2ccc(S(C)(=O)=O)cc2)cc1CN(C(=O)c1sc2c(F)ccc(F)c2c1Cl)C1CCC(N)CC1.Cl. The van der Waals surface area contributed by atoms with Gasteiger partial charge in [0.05, 0.1) is 27.1 Å². The van der Waals surface area contributed by atoms with Crippen molar-refractivity contribution in [2.45, 2.75) is 49.2 Å². The van der Waals surface area contributed by atoms with E-state index in [1.165, 1.54) is 0 Å². The van der Waals surface area contributed by atoms with Crippen molar-refractivity contribution < 1.29 is 26.7 Å². The highest BCUT2D eigenvalue weighted by molar-refractivity contribution is 7.90. The lowest BCUT2D eigenvalue weighted by Gasteiger charge is -2.36. The number of nitrogens with zero attached hydrogens (tertiary/aromatic N) is 1. The fraction of sp³-hybridized carbons (Fsp3) is 0.300. The highest BCUT2D eigenvalue weighted by atomic mass is 35.5. The van der Waals surface area contributed by atoms with E-state index in [4.69, 9.17) is 22.1 Å². The molecule has 0 bridgehead atoms. The highest BCUT2D eigenvalue weighted by Gasteiger charge is 2.32. The summed E-state index contributed by atoms with van der Waals surface area (Å²) in [4.78, 5) is 16.1. The molecule has 5 rings (SSSR count). The van der Waals surface area contributed by atoms with Gasteiger partial charge in [-0.05, 0) is 73.2 Å². The summed E-state index contributed by atoms with van der Waals surface area (Å²) in [6.07, 6.45) is 3.98. The number of fused-ring (bicyclic) bond motifs is 1. The molecule has 224 valence electrons. The van der Waals surface area contributed by atoms with Crippen LogP contribution in [0.15, 0.2) is 59.5 Å². The van der Waals surface area contributed by atoms with Gasteiger partial charge in [-0.1, -0.05) is 29.8 Å². The first-order chi connectivity index (χ1) is 19.5. The Labute approximate surface area is 258 Å². The summed E-state index contributed by atoms with van der Waals surface area (Å²) in [7, 11) is -1.80. The van der Waals surface area contributed by atoms with Crippen molar-refractivity contribution in [3.8, 4) is 16.9 Å². The van der Waals surface area contributed by atoms with Crippen molar-refractivity contribution in [2.75, 3.05) is 13.4 Å². The molecular weight excluding hydrogens is 625 g/mol. The van der Waals surface area contributed by atoms with Gasteiger partial charge in [-0.15, -0.1) is 23.7 Å². The van der Waals surface area contributed by atoms with E-state index in [1.807, 2.05) is 12.1 Å². The molecule has 1 fully saturated rings. The highest BCUT2D eigenvalue weighted by Crippen LogP contribution is 2.40. The number of hydrogen-bond acceptors (Lipinski definition) is 6. The molecule has 1 aliphatic rings. The smallest absolute Gasteiger partial charge is 0.266 e. The lowest BCUT2D eigenvalue weighted by atomic mass is 9.90. The molecule has 0 aliphatic heterocycles. The van der Waals surface area contributed by atoms with Gasteiger partial charge in [0.2, 0.25) is 0 Å². The Morgan fingerprint density at radius 2 is 1.64 bits per heavy atom. The zero-order chi connectivity index (χ0) is 29.5. The second kappa shape index (κ2) is 12.9. The first kappa shape index (κ1) is 32.2. The van der Waals surface area contributed by atoms with E-state index < -0.39 is 27.4 Å². The molecule has 0 radical (unpaired) electrons. The third-order valence-corrected chi connectivity index (χ3v) is 10.4. The van der Waals surface area contributed by atoms with E-state index >= 15 is 0 Å². The quantitative estimate of drug-likeness (QED) is 0.227. The van der Waals surface area contributed by atoms with Crippen LogP contribution in [0.3, 0.4) is 0 Å². The maximum atomic E-state index is 14.6. The Hall–Kier alpha value is -2.76. The van der Waals surface area contributed by atoms with Gasteiger partial charge in [0.25, 0.3) is 5.91 Å². The van der Waals surface area contributed by atoms with Crippen LogP contribution in [0.25, 0.3) is 21.2 Å². The summed E-state index contributed by atoms with van der Waals surface area (Å²) in [5, 5.41) is -0.195. The Kier molecular flexibility index (Phi) is 9.84. The number of methoxy groups -OCH3 is 1. The van der Waals surface area contributed by atoms with Crippen molar-refractivity contribution >= 4 is 61.2 Å². The lowest BCUT2D eigenvalue weighted by molar-refractivity contribution is 0.0610. The Morgan fingerprint density at radius 1 is 1.02 bits per heavy atom. The summed E-state index contributed by atoms with van der Waals surface area (Å²) in [5.74, 6) is -1.18. The van der Waals surface area contributed by atoms with E-state index in [1.54, 1.807) is 42.3 Å². The lowest BCUT2D eigenvalue weighted by Crippen LogP contribution is -2.43. The van der Waals surface area contributed by atoms with E-state index in [9.17, 15) is 22.0 Å². The van der Waals surface area contributed by atoms with E-state index in [0.29, 0.717) is 18.6 Å². The molecule has 0 spiro atoms. The number of carbonyl (C=O) groups excluding carboxylic acids is 1. The van der Waals surface area contributed by atoms with Crippen LogP contribution in [-0.2, 0) is 16.4 Å². The maximum Gasteiger partial charge on any atom is 0.266 e. The molecule has 1 aromatic heterocycles. The standard InChI is InChI=1S/C30H29ClF2N2O4S2.ClH/c1-39-25-14-5-18(17-3-10-22(11-4-17)41(2,37)38)15-19(25)16-35(21-8-6-20(34)7-9-21)30(36)29-27(31)26-23(32)12-13-24(33)28(26)40-29;/h3-5,10-15,20-21H,6-9,16,34H2,1-2H3;1H. The van der Waals surface area contributed by atoms with Crippen molar-refractivity contribution in [1.82, 2.24) is 4.90 Å². The molecule has 3 aromatic carbocycles. The van der Waals surface area contributed by atoms with Crippen molar-refractivity contribution in [2.24, 2.45) is 5.73 Å². The molecule has 42 heavy (non-hydrogen) atoms. The summed E-state index contributed by atoms with van der Waals surface area (Å²) < 4.78 is 58.6. The second-order valence-corrected chi connectivity index (χ2v) is 13.7. The average Bonchev–Trinajstić information content (AvgIpc) is 3.31. The topological polar surface area (TPSA) is 89.7 Å².